The second-order valence-corrected chi connectivity index (χ2v) is 6.46. The van der Waals surface area contributed by atoms with Crippen LogP contribution in [-0.2, 0) is 0 Å². The Balaban J connectivity index is 1.60. The van der Waals surface area contributed by atoms with E-state index in [2.05, 4.69) is 24.2 Å². The van der Waals surface area contributed by atoms with Crippen LogP contribution < -0.4 is 0 Å². The summed E-state index contributed by atoms with van der Waals surface area (Å²) in [7, 11) is 0. The minimum Gasteiger partial charge on any atom is -0.350 e. The topological polar surface area (TPSA) is 46.3 Å². The Morgan fingerprint density at radius 2 is 1.88 bits per heavy atom. The maximum Gasteiger partial charge on any atom is 0.292 e. The number of amides is 1. The number of carbonyl (C=O) groups is 1. The van der Waals surface area contributed by atoms with Crippen LogP contribution in [0.25, 0.3) is 11.3 Å². The minimum atomic E-state index is -0.0829. The molecule has 1 fully saturated rings. The summed E-state index contributed by atoms with van der Waals surface area (Å²) in [5, 5.41) is 4.07. The highest BCUT2D eigenvalue weighted by atomic mass is 16.5. The third kappa shape index (κ3) is 2.95. The molecule has 3 aromatic rings. The van der Waals surface area contributed by atoms with Gasteiger partial charge in [0.05, 0.1) is 6.04 Å². The molecule has 0 N–H and O–H groups in total. The van der Waals surface area contributed by atoms with Crippen LogP contribution in [0.2, 0.25) is 0 Å². The summed E-state index contributed by atoms with van der Waals surface area (Å²) in [5.41, 5.74) is 4.07. The molecule has 2 aromatic carbocycles. The van der Waals surface area contributed by atoms with Crippen molar-refractivity contribution < 1.29 is 9.32 Å². The largest absolute Gasteiger partial charge is 0.350 e. The van der Waals surface area contributed by atoms with Gasteiger partial charge >= 0.3 is 0 Å². The summed E-state index contributed by atoms with van der Waals surface area (Å²) in [6, 6.07) is 19.9. The maximum atomic E-state index is 13.0. The standard InChI is InChI=1S/C21H20N2O2/c1-15-8-5-6-11-17(15)19-12-7-13-23(19)21(24)20-14-18(22-25-20)16-9-3-2-4-10-16/h2-6,8-11,14,19H,7,12-13H2,1H3/t19-/m1/s1. The van der Waals surface area contributed by atoms with Gasteiger partial charge in [0.15, 0.2) is 0 Å². The van der Waals surface area contributed by atoms with Gasteiger partial charge in [0.2, 0.25) is 5.76 Å². The van der Waals surface area contributed by atoms with Crippen LogP contribution in [0.5, 0.6) is 0 Å². The first-order valence-electron chi connectivity index (χ1n) is 8.62. The fourth-order valence-corrected chi connectivity index (χ4v) is 3.56. The average Bonchev–Trinajstić information content (AvgIpc) is 3.32. The molecule has 0 aliphatic carbocycles. The summed E-state index contributed by atoms with van der Waals surface area (Å²) in [4.78, 5) is 14.9. The van der Waals surface area contributed by atoms with Crippen LogP contribution in [0.15, 0.2) is 65.2 Å². The van der Waals surface area contributed by atoms with E-state index >= 15 is 0 Å². The molecule has 4 rings (SSSR count). The van der Waals surface area contributed by atoms with Crippen molar-refractivity contribution in [2.75, 3.05) is 6.54 Å². The second kappa shape index (κ2) is 6.55. The van der Waals surface area contributed by atoms with E-state index in [1.165, 1.54) is 11.1 Å². The van der Waals surface area contributed by atoms with Crippen LogP contribution in [0.1, 0.15) is 40.6 Å². The Kier molecular flexibility index (Phi) is 4.10. The fraction of sp³-hybridized carbons (Fsp3) is 0.238. The molecule has 1 saturated heterocycles. The lowest BCUT2D eigenvalue weighted by Crippen LogP contribution is -2.30. The molecular weight excluding hydrogens is 312 g/mol. The van der Waals surface area contributed by atoms with Gasteiger partial charge in [-0.3, -0.25) is 4.79 Å². The lowest BCUT2D eigenvalue weighted by atomic mass is 9.99. The lowest BCUT2D eigenvalue weighted by molar-refractivity contribution is 0.0693. The number of hydrogen-bond donors (Lipinski definition) is 0. The molecule has 25 heavy (non-hydrogen) atoms. The molecule has 2 heterocycles. The maximum absolute atomic E-state index is 13.0. The fourth-order valence-electron chi connectivity index (χ4n) is 3.56. The summed E-state index contributed by atoms with van der Waals surface area (Å²) in [6.07, 6.45) is 1.99. The Morgan fingerprint density at radius 3 is 2.68 bits per heavy atom. The molecule has 0 unspecified atom stereocenters. The zero-order valence-electron chi connectivity index (χ0n) is 14.2. The normalized spacial score (nSPS) is 17.0. The minimum absolute atomic E-state index is 0.0829. The van der Waals surface area contributed by atoms with E-state index in [0.29, 0.717) is 11.5 Å². The van der Waals surface area contributed by atoms with Gasteiger partial charge in [-0.1, -0.05) is 59.8 Å². The van der Waals surface area contributed by atoms with Crippen molar-refractivity contribution in [3.8, 4) is 11.3 Å². The van der Waals surface area contributed by atoms with Crippen LogP contribution in [0.4, 0.5) is 0 Å². The van der Waals surface area contributed by atoms with E-state index in [1.54, 1.807) is 6.07 Å². The van der Waals surface area contributed by atoms with Crippen LogP contribution >= 0.6 is 0 Å². The van der Waals surface area contributed by atoms with Gasteiger partial charge in [-0.05, 0) is 30.9 Å². The van der Waals surface area contributed by atoms with Crippen molar-refractivity contribution in [2.45, 2.75) is 25.8 Å². The molecule has 1 atom stereocenters. The van der Waals surface area contributed by atoms with E-state index in [9.17, 15) is 4.79 Å². The summed E-state index contributed by atoms with van der Waals surface area (Å²) in [5.74, 6) is 0.222. The number of benzene rings is 2. The van der Waals surface area contributed by atoms with E-state index in [-0.39, 0.29) is 11.9 Å². The highest BCUT2D eigenvalue weighted by Gasteiger charge is 2.33. The van der Waals surface area contributed by atoms with Crippen LogP contribution in [-0.4, -0.2) is 22.5 Å². The quantitative estimate of drug-likeness (QED) is 0.702. The highest BCUT2D eigenvalue weighted by Crippen LogP contribution is 2.35. The lowest BCUT2D eigenvalue weighted by Gasteiger charge is -2.25. The van der Waals surface area contributed by atoms with Crippen molar-refractivity contribution in [1.29, 1.82) is 0 Å². The molecule has 1 amide bonds. The van der Waals surface area contributed by atoms with Gasteiger partial charge in [-0.25, -0.2) is 0 Å². The number of likely N-dealkylation sites (tertiary alicyclic amines) is 1. The van der Waals surface area contributed by atoms with E-state index in [4.69, 9.17) is 4.52 Å². The third-order valence-electron chi connectivity index (χ3n) is 4.85. The van der Waals surface area contributed by atoms with E-state index < -0.39 is 0 Å². The molecule has 126 valence electrons. The predicted octanol–water partition coefficient (Wildman–Crippen LogP) is 4.63. The predicted molar refractivity (Wildman–Crippen MR) is 96.1 cm³/mol. The zero-order valence-corrected chi connectivity index (χ0v) is 14.2. The van der Waals surface area contributed by atoms with Gasteiger partial charge < -0.3 is 9.42 Å². The second-order valence-electron chi connectivity index (χ2n) is 6.46. The number of rotatable bonds is 3. The zero-order chi connectivity index (χ0) is 17.2. The number of hydrogen-bond acceptors (Lipinski definition) is 3. The molecule has 4 heteroatoms. The first-order valence-corrected chi connectivity index (χ1v) is 8.62. The molecule has 0 radical (unpaired) electrons. The molecule has 0 saturated carbocycles. The first kappa shape index (κ1) is 15.6. The first-order chi connectivity index (χ1) is 12.2. The van der Waals surface area contributed by atoms with Gasteiger partial charge in [0.25, 0.3) is 5.91 Å². The van der Waals surface area contributed by atoms with Crippen molar-refractivity contribution in [1.82, 2.24) is 10.1 Å². The summed E-state index contributed by atoms with van der Waals surface area (Å²) in [6.45, 7) is 2.84. The van der Waals surface area contributed by atoms with Gasteiger partial charge in [0, 0.05) is 18.2 Å². The van der Waals surface area contributed by atoms with Crippen LogP contribution in [0.3, 0.4) is 0 Å². The van der Waals surface area contributed by atoms with E-state index in [0.717, 1.165) is 24.9 Å². The van der Waals surface area contributed by atoms with Gasteiger partial charge in [-0.2, -0.15) is 0 Å². The molecule has 1 aromatic heterocycles. The molecule has 1 aliphatic rings. The smallest absolute Gasteiger partial charge is 0.292 e. The van der Waals surface area contributed by atoms with Gasteiger partial charge in [0.1, 0.15) is 5.69 Å². The Morgan fingerprint density at radius 1 is 1.12 bits per heavy atom. The number of aryl methyl sites for hydroxylation is 1. The van der Waals surface area contributed by atoms with E-state index in [1.807, 2.05) is 47.4 Å². The van der Waals surface area contributed by atoms with Gasteiger partial charge in [-0.15, -0.1) is 0 Å². The molecule has 1 aliphatic heterocycles. The highest BCUT2D eigenvalue weighted by molar-refractivity contribution is 5.93. The van der Waals surface area contributed by atoms with Crippen molar-refractivity contribution in [3.05, 3.63) is 77.6 Å². The number of aromatic nitrogens is 1. The van der Waals surface area contributed by atoms with Crippen molar-refractivity contribution in [3.63, 3.8) is 0 Å². The molecular formula is C21H20N2O2. The van der Waals surface area contributed by atoms with Crippen molar-refractivity contribution in [2.24, 2.45) is 0 Å². The SMILES string of the molecule is Cc1ccccc1[C@H]1CCCN1C(=O)c1cc(-c2ccccc2)no1. The Labute approximate surface area is 147 Å². The van der Waals surface area contributed by atoms with Crippen LogP contribution in [0, 0.1) is 6.92 Å². The summed E-state index contributed by atoms with van der Waals surface area (Å²) < 4.78 is 5.37. The average molecular weight is 332 g/mol. The molecule has 4 nitrogen and oxygen atoms in total. The number of nitrogens with zero attached hydrogens (tertiary/aromatic N) is 2. The number of carbonyl (C=O) groups excluding carboxylic acids is 1. The molecule has 0 bridgehead atoms. The monoisotopic (exact) mass is 332 g/mol. The third-order valence-corrected chi connectivity index (χ3v) is 4.85. The Bertz CT molecular complexity index is 886. The van der Waals surface area contributed by atoms with Crippen molar-refractivity contribution >= 4 is 5.91 Å². The summed E-state index contributed by atoms with van der Waals surface area (Å²) >= 11 is 0. The molecule has 0 spiro atoms. The Hall–Kier alpha value is -2.88.